The largest absolute Gasteiger partial charge is 0.534 e. The van der Waals surface area contributed by atoms with Crippen LogP contribution < -0.4 is 4.18 Å². The summed E-state index contributed by atoms with van der Waals surface area (Å²) in [6.45, 7) is 0. The van der Waals surface area contributed by atoms with Crippen LogP contribution in [0, 0.1) is 0 Å². The molecule has 1 aromatic heterocycles. The molecule has 120 valence electrons. The lowest BCUT2D eigenvalue weighted by atomic mass is 10.1. The van der Waals surface area contributed by atoms with Crippen LogP contribution in [0.5, 0.6) is 5.75 Å². The first-order valence-electron chi connectivity index (χ1n) is 6.46. The topological polar surface area (TPSA) is 59.2 Å². The van der Waals surface area contributed by atoms with E-state index < -0.39 is 21.4 Å². The molecule has 1 heterocycles. The number of nitrogens with one attached hydrogen (secondary N) is 1. The van der Waals surface area contributed by atoms with Crippen LogP contribution in [0.3, 0.4) is 0 Å². The third-order valence-corrected chi connectivity index (χ3v) is 4.16. The van der Waals surface area contributed by atoms with Gasteiger partial charge in [0, 0.05) is 16.5 Å². The van der Waals surface area contributed by atoms with Crippen molar-refractivity contribution in [1.82, 2.24) is 4.98 Å². The van der Waals surface area contributed by atoms with E-state index in [9.17, 15) is 21.6 Å². The number of benzene rings is 2. The van der Waals surface area contributed by atoms with Crippen LogP contribution >= 0.6 is 0 Å². The molecule has 3 rings (SSSR count). The van der Waals surface area contributed by atoms with Crippen LogP contribution in [0.1, 0.15) is 0 Å². The molecule has 0 amide bonds. The summed E-state index contributed by atoms with van der Waals surface area (Å²) in [5.74, 6) is -0.392. The smallest absolute Gasteiger partial charge is 0.375 e. The van der Waals surface area contributed by atoms with Gasteiger partial charge in [-0.05, 0) is 24.3 Å². The fourth-order valence-corrected chi connectivity index (χ4v) is 2.62. The SMILES string of the molecule is O=S(=O)(Oc1ccccc1-c1cc2ccccc2[nH]1)C(F)(F)F. The minimum Gasteiger partial charge on any atom is -0.375 e. The van der Waals surface area contributed by atoms with Gasteiger partial charge in [0.15, 0.2) is 5.75 Å². The molecule has 4 nitrogen and oxygen atoms in total. The maximum Gasteiger partial charge on any atom is 0.534 e. The summed E-state index contributed by atoms with van der Waals surface area (Å²) in [5.41, 5.74) is -4.03. The van der Waals surface area contributed by atoms with Crippen LogP contribution in [0.4, 0.5) is 13.2 Å². The van der Waals surface area contributed by atoms with Gasteiger partial charge in [0.2, 0.25) is 0 Å². The molecule has 0 aliphatic carbocycles. The van der Waals surface area contributed by atoms with Gasteiger partial charge in [0.25, 0.3) is 0 Å². The monoisotopic (exact) mass is 341 g/mol. The Hall–Kier alpha value is -2.48. The van der Waals surface area contributed by atoms with Gasteiger partial charge in [-0.1, -0.05) is 30.3 Å². The van der Waals surface area contributed by atoms with Gasteiger partial charge in [0.05, 0.1) is 5.69 Å². The molecule has 1 N–H and O–H groups in total. The van der Waals surface area contributed by atoms with E-state index in [1.807, 2.05) is 12.1 Å². The van der Waals surface area contributed by atoms with Gasteiger partial charge < -0.3 is 9.17 Å². The van der Waals surface area contributed by atoms with Crippen molar-refractivity contribution in [3.8, 4) is 17.0 Å². The number of alkyl halides is 3. The molecule has 0 saturated heterocycles. The number of fused-ring (bicyclic) bond motifs is 1. The number of hydrogen-bond acceptors (Lipinski definition) is 3. The highest BCUT2D eigenvalue weighted by molar-refractivity contribution is 7.88. The number of aromatic amines is 1. The predicted octanol–water partition coefficient (Wildman–Crippen LogP) is 4.06. The molecular formula is C15H10F3NO3S. The normalized spacial score (nSPS) is 12.5. The van der Waals surface area contributed by atoms with Crippen molar-refractivity contribution in [1.29, 1.82) is 0 Å². The van der Waals surface area contributed by atoms with Crippen LogP contribution in [-0.4, -0.2) is 18.9 Å². The molecule has 0 atom stereocenters. The summed E-state index contributed by atoms with van der Waals surface area (Å²) >= 11 is 0. The van der Waals surface area contributed by atoms with Crippen molar-refractivity contribution in [3.05, 3.63) is 54.6 Å². The van der Waals surface area contributed by atoms with Gasteiger partial charge in [-0.15, -0.1) is 0 Å². The van der Waals surface area contributed by atoms with Crippen molar-refractivity contribution in [3.63, 3.8) is 0 Å². The van der Waals surface area contributed by atoms with Crippen LogP contribution in [0.2, 0.25) is 0 Å². The summed E-state index contributed by atoms with van der Waals surface area (Å²) in [7, 11) is -5.73. The average molecular weight is 341 g/mol. The Labute approximate surface area is 129 Å². The summed E-state index contributed by atoms with van der Waals surface area (Å²) in [5, 5.41) is 0.844. The highest BCUT2D eigenvalue weighted by Crippen LogP contribution is 2.35. The maximum absolute atomic E-state index is 12.5. The molecule has 2 aromatic carbocycles. The molecule has 0 fully saturated rings. The molecule has 0 radical (unpaired) electrons. The molecule has 0 spiro atoms. The number of rotatable bonds is 3. The summed E-state index contributed by atoms with van der Waals surface area (Å²) in [6, 6.07) is 14.6. The second-order valence-corrected chi connectivity index (χ2v) is 6.29. The number of halogens is 3. The van der Waals surface area contributed by atoms with E-state index in [-0.39, 0.29) is 5.56 Å². The standard InChI is InChI=1S/C15H10F3NO3S/c16-15(17,18)23(20,21)22-14-8-4-2-6-11(14)13-9-10-5-1-3-7-12(10)19-13/h1-9,19H. The molecule has 0 saturated carbocycles. The van der Waals surface area contributed by atoms with Gasteiger partial charge in [-0.2, -0.15) is 21.6 Å². The van der Waals surface area contributed by atoms with Crippen molar-refractivity contribution >= 4 is 21.0 Å². The molecule has 0 aliphatic rings. The Kier molecular flexibility index (Phi) is 3.56. The van der Waals surface area contributed by atoms with Crippen LogP contribution in [0.25, 0.3) is 22.2 Å². The van der Waals surface area contributed by atoms with Crippen molar-refractivity contribution in [2.45, 2.75) is 5.51 Å². The lowest BCUT2D eigenvalue weighted by Crippen LogP contribution is -2.28. The van der Waals surface area contributed by atoms with E-state index in [1.54, 1.807) is 24.3 Å². The van der Waals surface area contributed by atoms with E-state index in [0.29, 0.717) is 5.69 Å². The van der Waals surface area contributed by atoms with Gasteiger partial charge in [-0.25, -0.2) is 0 Å². The first-order valence-corrected chi connectivity index (χ1v) is 7.87. The Morgan fingerprint density at radius 2 is 1.61 bits per heavy atom. The third kappa shape index (κ3) is 2.89. The first kappa shape index (κ1) is 15.4. The zero-order valence-electron chi connectivity index (χ0n) is 11.5. The van der Waals surface area contributed by atoms with Crippen LogP contribution in [0.15, 0.2) is 54.6 Å². The molecule has 23 heavy (non-hydrogen) atoms. The van der Waals surface area contributed by atoms with Gasteiger partial charge >= 0.3 is 15.6 Å². The fourth-order valence-electron chi connectivity index (χ4n) is 2.15. The maximum atomic E-state index is 12.5. The molecule has 0 bridgehead atoms. The number of hydrogen-bond donors (Lipinski definition) is 1. The number of H-pyrrole nitrogens is 1. The van der Waals surface area contributed by atoms with E-state index >= 15 is 0 Å². The Balaban J connectivity index is 2.08. The van der Waals surface area contributed by atoms with Gasteiger partial charge in [-0.3, -0.25) is 0 Å². The van der Waals surface area contributed by atoms with E-state index in [4.69, 9.17) is 0 Å². The summed E-state index contributed by atoms with van der Waals surface area (Å²) < 4.78 is 64.2. The number of para-hydroxylation sites is 2. The van der Waals surface area contributed by atoms with E-state index in [2.05, 4.69) is 9.17 Å². The third-order valence-electron chi connectivity index (χ3n) is 3.19. The minimum atomic E-state index is -5.73. The lowest BCUT2D eigenvalue weighted by molar-refractivity contribution is -0.0499. The summed E-state index contributed by atoms with van der Waals surface area (Å²) in [4.78, 5) is 3.02. The Bertz CT molecular complexity index is 928. The fraction of sp³-hybridized carbons (Fsp3) is 0.0667. The average Bonchev–Trinajstić information content (AvgIpc) is 2.90. The summed E-state index contributed by atoms with van der Waals surface area (Å²) in [6.07, 6.45) is 0. The zero-order valence-corrected chi connectivity index (χ0v) is 12.3. The predicted molar refractivity (Wildman–Crippen MR) is 79.3 cm³/mol. The van der Waals surface area contributed by atoms with Gasteiger partial charge in [0.1, 0.15) is 0 Å². The van der Waals surface area contributed by atoms with E-state index in [1.165, 1.54) is 18.2 Å². The zero-order chi connectivity index (χ0) is 16.7. The molecule has 0 aliphatic heterocycles. The molecule has 0 unspecified atom stereocenters. The van der Waals surface area contributed by atoms with E-state index in [0.717, 1.165) is 10.9 Å². The lowest BCUT2D eigenvalue weighted by Gasteiger charge is -2.12. The minimum absolute atomic E-state index is 0.219. The Morgan fingerprint density at radius 1 is 0.957 bits per heavy atom. The Morgan fingerprint density at radius 3 is 2.30 bits per heavy atom. The molecule has 3 aromatic rings. The highest BCUT2D eigenvalue weighted by atomic mass is 32.2. The highest BCUT2D eigenvalue weighted by Gasteiger charge is 2.48. The van der Waals surface area contributed by atoms with Crippen molar-refractivity contribution in [2.75, 3.05) is 0 Å². The quantitative estimate of drug-likeness (QED) is 0.577. The van der Waals surface area contributed by atoms with Crippen molar-refractivity contribution in [2.24, 2.45) is 0 Å². The second kappa shape index (κ2) is 5.31. The van der Waals surface area contributed by atoms with Crippen LogP contribution in [-0.2, 0) is 10.1 Å². The first-order chi connectivity index (χ1) is 10.8. The number of aromatic nitrogens is 1. The second-order valence-electron chi connectivity index (χ2n) is 4.75. The molecule has 8 heteroatoms. The van der Waals surface area contributed by atoms with Crippen molar-refractivity contribution < 1.29 is 25.8 Å². The molecular weight excluding hydrogens is 331 g/mol.